The van der Waals surface area contributed by atoms with Gasteiger partial charge in [-0.1, -0.05) is 6.07 Å². The van der Waals surface area contributed by atoms with Crippen LogP contribution in [-0.4, -0.2) is 33.4 Å². The zero-order valence-electron chi connectivity index (χ0n) is 17.0. The van der Waals surface area contributed by atoms with E-state index in [0.717, 1.165) is 11.1 Å². The molecule has 0 spiro atoms. The summed E-state index contributed by atoms with van der Waals surface area (Å²) in [5.41, 5.74) is 2.98. The Kier molecular flexibility index (Phi) is 5.18. The van der Waals surface area contributed by atoms with Crippen LogP contribution >= 0.6 is 0 Å². The van der Waals surface area contributed by atoms with Gasteiger partial charge in [0.2, 0.25) is 11.6 Å². The lowest BCUT2D eigenvalue weighted by atomic mass is 10.0. The van der Waals surface area contributed by atoms with E-state index in [0.29, 0.717) is 34.1 Å². The molecule has 0 aliphatic heterocycles. The second-order valence-corrected chi connectivity index (χ2v) is 6.43. The Hall–Kier alpha value is -3.74. The molecule has 30 heavy (non-hydrogen) atoms. The van der Waals surface area contributed by atoms with Gasteiger partial charge in [0.1, 0.15) is 17.1 Å². The molecule has 0 amide bonds. The van der Waals surface area contributed by atoms with Crippen LogP contribution < -0.4 is 18.9 Å². The van der Waals surface area contributed by atoms with E-state index in [4.69, 9.17) is 23.4 Å². The van der Waals surface area contributed by atoms with Crippen LogP contribution in [0.4, 0.5) is 4.39 Å². The fraction of sp³-hybridized carbons (Fsp3) is 0.174. The molecule has 6 nitrogen and oxygen atoms in total. The molecule has 154 valence electrons. The van der Waals surface area contributed by atoms with Gasteiger partial charge in [0, 0.05) is 5.56 Å². The summed E-state index contributed by atoms with van der Waals surface area (Å²) in [6, 6.07) is 13.6. The summed E-state index contributed by atoms with van der Waals surface area (Å²) in [5, 5.41) is 0. The summed E-state index contributed by atoms with van der Waals surface area (Å²) < 4.78 is 41.8. The maximum Gasteiger partial charge on any atom is 0.230 e. The predicted molar refractivity (Wildman–Crippen MR) is 111 cm³/mol. The highest BCUT2D eigenvalue weighted by Crippen LogP contribution is 2.44. The highest BCUT2D eigenvalue weighted by Gasteiger charge is 2.19. The molecule has 3 aromatic carbocycles. The molecule has 4 aromatic rings. The normalized spacial score (nSPS) is 10.8. The molecule has 7 heteroatoms. The molecule has 0 radical (unpaired) electrons. The fourth-order valence-corrected chi connectivity index (χ4v) is 3.33. The number of oxazole rings is 1. The molecule has 0 unspecified atom stereocenters. The largest absolute Gasteiger partial charge is 0.497 e. The van der Waals surface area contributed by atoms with Gasteiger partial charge in [-0.2, -0.15) is 0 Å². The van der Waals surface area contributed by atoms with Gasteiger partial charge in [0.25, 0.3) is 0 Å². The average Bonchev–Trinajstić information content (AvgIpc) is 3.21. The van der Waals surface area contributed by atoms with E-state index >= 15 is 0 Å². The molecule has 0 bridgehead atoms. The lowest BCUT2D eigenvalue weighted by Crippen LogP contribution is -1.96. The molecular weight excluding hydrogens is 389 g/mol. The quantitative estimate of drug-likeness (QED) is 0.429. The maximum atomic E-state index is 14.3. The minimum Gasteiger partial charge on any atom is -0.497 e. The SMILES string of the molecule is COc1ccc(F)c(-c2nc3ccc(-c4ccc(OC)c(OC)c4OC)cc3o2)c1. The third-order valence-electron chi connectivity index (χ3n) is 4.81. The van der Waals surface area contributed by atoms with E-state index in [1.54, 1.807) is 39.5 Å². The summed E-state index contributed by atoms with van der Waals surface area (Å²) in [6.07, 6.45) is 0. The van der Waals surface area contributed by atoms with Crippen molar-refractivity contribution in [1.82, 2.24) is 4.98 Å². The van der Waals surface area contributed by atoms with Gasteiger partial charge in [-0.15, -0.1) is 0 Å². The molecule has 0 aliphatic rings. The summed E-state index contributed by atoms with van der Waals surface area (Å²) in [4.78, 5) is 4.42. The Bertz CT molecular complexity index is 1220. The number of aromatic nitrogens is 1. The Morgan fingerprint density at radius 2 is 1.57 bits per heavy atom. The first-order chi connectivity index (χ1) is 14.6. The summed E-state index contributed by atoms with van der Waals surface area (Å²) in [7, 11) is 6.21. The molecule has 0 atom stereocenters. The second kappa shape index (κ2) is 7.94. The van der Waals surface area contributed by atoms with Crippen molar-refractivity contribution in [2.24, 2.45) is 0 Å². The Morgan fingerprint density at radius 1 is 0.767 bits per heavy atom. The van der Waals surface area contributed by atoms with Crippen LogP contribution in [0.25, 0.3) is 33.7 Å². The molecular formula is C23H20FNO5. The predicted octanol–water partition coefficient (Wildman–Crippen LogP) is 5.34. The zero-order chi connectivity index (χ0) is 21.3. The van der Waals surface area contributed by atoms with Crippen molar-refractivity contribution in [3.05, 3.63) is 54.3 Å². The van der Waals surface area contributed by atoms with Crippen LogP contribution in [0.3, 0.4) is 0 Å². The second-order valence-electron chi connectivity index (χ2n) is 6.43. The number of ether oxygens (including phenoxy) is 4. The van der Waals surface area contributed by atoms with Crippen molar-refractivity contribution < 1.29 is 27.8 Å². The minimum atomic E-state index is -0.441. The van der Waals surface area contributed by atoms with Gasteiger partial charge < -0.3 is 23.4 Å². The third-order valence-corrected chi connectivity index (χ3v) is 4.81. The number of halogens is 1. The summed E-state index contributed by atoms with van der Waals surface area (Å²) >= 11 is 0. The number of methoxy groups -OCH3 is 4. The molecule has 0 aliphatic carbocycles. The van der Waals surface area contributed by atoms with E-state index in [1.807, 2.05) is 24.3 Å². The van der Waals surface area contributed by atoms with Crippen LogP contribution in [0.5, 0.6) is 23.0 Å². The fourth-order valence-electron chi connectivity index (χ4n) is 3.33. The minimum absolute atomic E-state index is 0.179. The van der Waals surface area contributed by atoms with E-state index < -0.39 is 5.82 Å². The Morgan fingerprint density at radius 3 is 2.27 bits per heavy atom. The van der Waals surface area contributed by atoms with Crippen LogP contribution in [0, 0.1) is 5.82 Å². The molecule has 4 rings (SSSR count). The topological polar surface area (TPSA) is 63.0 Å². The van der Waals surface area contributed by atoms with Gasteiger partial charge in [-0.05, 0) is 48.0 Å². The van der Waals surface area contributed by atoms with Crippen molar-refractivity contribution in [2.75, 3.05) is 28.4 Å². The van der Waals surface area contributed by atoms with Crippen molar-refractivity contribution in [1.29, 1.82) is 0 Å². The smallest absolute Gasteiger partial charge is 0.230 e. The van der Waals surface area contributed by atoms with Crippen LogP contribution in [0.15, 0.2) is 52.9 Å². The zero-order valence-corrected chi connectivity index (χ0v) is 17.0. The highest BCUT2D eigenvalue weighted by molar-refractivity contribution is 5.85. The molecule has 1 aromatic heterocycles. The van der Waals surface area contributed by atoms with E-state index in [1.165, 1.54) is 13.2 Å². The number of rotatable bonds is 6. The Balaban J connectivity index is 1.83. The van der Waals surface area contributed by atoms with Gasteiger partial charge >= 0.3 is 0 Å². The van der Waals surface area contributed by atoms with Gasteiger partial charge in [-0.3, -0.25) is 0 Å². The Labute approximate surface area is 172 Å². The maximum absolute atomic E-state index is 14.3. The van der Waals surface area contributed by atoms with Gasteiger partial charge in [-0.25, -0.2) is 9.37 Å². The standard InChI is InChI=1S/C23H20FNO5/c1-26-14-6-8-17(24)16(12-14)23-25-18-9-5-13(11-20(18)30-23)15-7-10-19(27-2)22(29-4)21(15)28-3/h5-12H,1-4H3. The number of nitrogens with zero attached hydrogens (tertiary/aromatic N) is 1. The summed E-state index contributed by atoms with van der Waals surface area (Å²) in [6.45, 7) is 0. The average molecular weight is 409 g/mol. The number of hydrogen-bond donors (Lipinski definition) is 0. The van der Waals surface area contributed by atoms with E-state index in [-0.39, 0.29) is 11.5 Å². The van der Waals surface area contributed by atoms with Crippen molar-refractivity contribution in [2.45, 2.75) is 0 Å². The van der Waals surface area contributed by atoms with E-state index in [2.05, 4.69) is 4.98 Å². The lowest BCUT2D eigenvalue weighted by Gasteiger charge is -2.15. The van der Waals surface area contributed by atoms with Crippen molar-refractivity contribution in [3.63, 3.8) is 0 Å². The first-order valence-corrected chi connectivity index (χ1v) is 9.13. The highest BCUT2D eigenvalue weighted by atomic mass is 19.1. The monoisotopic (exact) mass is 409 g/mol. The first-order valence-electron chi connectivity index (χ1n) is 9.13. The summed E-state index contributed by atoms with van der Waals surface area (Å²) in [5.74, 6) is 1.85. The van der Waals surface area contributed by atoms with Crippen LogP contribution in [-0.2, 0) is 0 Å². The van der Waals surface area contributed by atoms with Crippen molar-refractivity contribution >= 4 is 11.1 Å². The number of fused-ring (bicyclic) bond motifs is 1. The van der Waals surface area contributed by atoms with E-state index in [9.17, 15) is 4.39 Å². The van der Waals surface area contributed by atoms with Gasteiger partial charge in [0.05, 0.1) is 34.0 Å². The number of hydrogen-bond acceptors (Lipinski definition) is 6. The van der Waals surface area contributed by atoms with Crippen LogP contribution in [0.1, 0.15) is 0 Å². The van der Waals surface area contributed by atoms with Crippen molar-refractivity contribution in [3.8, 4) is 45.6 Å². The first kappa shape index (κ1) is 19.6. The lowest BCUT2D eigenvalue weighted by molar-refractivity contribution is 0.325. The number of benzene rings is 3. The molecule has 0 fully saturated rings. The molecule has 1 heterocycles. The molecule has 0 N–H and O–H groups in total. The van der Waals surface area contributed by atoms with Crippen LogP contribution in [0.2, 0.25) is 0 Å². The third kappa shape index (κ3) is 3.28. The molecule has 0 saturated heterocycles. The molecule has 0 saturated carbocycles. The van der Waals surface area contributed by atoms with Gasteiger partial charge in [0.15, 0.2) is 17.1 Å².